The first-order valence-corrected chi connectivity index (χ1v) is 9.87. The normalized spacial score (nSPS) is 12.4. The van der Waals surface area contributed by atoms with Gasteiger partial charge in [0.1, 0.15) is 16.3 Å². The zero-order chi connectivity index (χ0) is 17.2. The molecule has 0 spiro atoms. The Hall–Kier alpha value is -2.13. The molecule has 9 heteroatoms. The molecule has 0 saturated carbocycles. The summed E-state index contributed by atoms with van der Waals surface area (Å²) < 4.78 is 18.2. The third-order valence-electron chi connectivity index (χ3n) is 3.30. The fourth-order valence-electron chi connectivity index (χ4n) is 2.14. The number of aromatic nitrogens is 4. The number of para-hydroxylation sites is 1. The predicted octanol–water partition coefficient (Wildman–Crippen LogP) is 4.17. The summed E-state index contributed by atoms with van der Waals surface area (Å²) in [7, 11) is 0. The number of imidazole rings is 1. The van der Waals surface area contributed by atoms with Crippen molar-refractivity contribution in [3.05, 3.63) is 58.1 Å². The van der Waals surface area contributed by atoms with Gasteiger partial charge in [0.2, 0.25) is 5.88 Å². The maximum absolute atomic E-state index is 12.5. The summed E-state index contributed by atoms with van der Waals surface area (Å²) in [6, 6.07) is 9.18. The van der Waals surface area contributed by atoms with Crippen molar-refractivity contribution in [1.82, 2.24) is 19.9 Å². The highest BCUT2D eigenvalue weighted by Gasteiger charge is 2.20. The molecule has 1 N–H and O–H groups in total. The highest BCUT2D eigenvalue weighted by molar-refractivity contribution is 7.90. The molecule has 3 heterocycles. The van der Waals surface area contributed by atoms with Crippen molar-refractivity contribution in [1.29, 1.82) is 0 Å². The number of rotatable bonds is 5. The van der Waals surface area contributed by atoms with E-state index in [1.165, 1.54) is 17.5 Å². The average Bonchev–Trinajstić information content (AvgIpc) is 3.21. The van der Waals surface area contributed by atoms with Gasteiger partial charge in [0.15, 0.2) is 11.6 Å². The van der Waals surface area contributed by atoms with Crippen molar-refractivity contribution in [3.8, 4) is 11.6 Å². The van der Waals surface area contributed by atoms with Gasteiger partial charge in [0.05, 0.1) is 11.7 Å². The van der Waals surface area contributed by atoms with Gasteiger partial charge in [-0.2, -0.15) is 9.97 Å². The SMILES string of the molecule is [O-][S+](Cc1ncc(Cl)c(Oc2ccccc2)n1)c1nc2cscc2[nH]1. The fourth-order valence-corrected chi connectivity index (χ4v) is 3.90. The third kappa shape index (κ3) is 3.62. The lowest BCUT2D eigenvalue weighted by Crippen LogP contribution is -2.10. The summed E-state index contributed by atoms with van der Waals surface area (Å²) in [6.45, 7) is 0. The Kier molecular flexibility index (Phi) is 4.58. The molecule has 3 aromatic heterocycles. The Labute approximate surface area is 155 Å². The third-order valence-corrected chi connectivity index (χ3v) is 5.44. The van der Waals surface area contributed by atoms with Crippen LogP contribution in [0, 0.1) is 0 Å². The Balaban J connectivity index is 1.54. The van der Waals surface area contributed by atoms with E-state index >= 15 is 0 Å². The molecule has 0 amide bonds. The number of nitrogens with zero attached hydrogens (tertiary/aromatic N) is 3. The van der Waals surface area contributed by atoms with E-state index < -0.39 is 11.2 Å². The standard InChI is InChI=1S/C16H11ClN4O2S2/c17-11-6-18-14(21-15(11)23-10-4-2-1-3-5-10)9-25(22)16-19-12-7-24-8-13(12)20-16/h1-8H,9H2,(H,19,20). The first kappa shape index (κ1) is 16.3. The van der Waals surface area contributed by atoms with Crippen LogP contribution in [-0.4, -0.2) is 24.5 Å². The molecule has 1 atom stereocenters. The lowest BCUT2D eigenvalue weighted by atomic mass is 10.3. The molecular formula is C16H11ClN4O2S2. The van der Waals surface area contributed by atoms with Crippen molar-refractivity contribution < 1.29 is 9.29 Å². The number of aromatic amines is 1. The van der Waals surface area contributed by atoms with E-state index in [4.69, 9.17) is 16.3 Å². The van der Waals surface area contributed by atoms with Crippen LogP contribution in [0.3, 0.4) is 0 Å². The zero-order valence-electron chi connectivity index (χ0n) is 12.7. The van der Waals surface area contributed by atoms with Crippen LogP contribution < -0.4 is 4.74 Å². The summed E-state index contributed by atoms with van der Waals surface area (Å²) in [4.78, 5) is 15.8. The largest absolute Gasteiger partial charge is 0.609 e. The maximum Gasteiger partial charge on any atom is 0.322 e. The molecule has 0 radical (unpaired) electrons. The van der Waals surface area contributed by atoms with E-state index in [1.54, 1.807) is 12.1 Å². The predicted molar refractivity (Wildman–Crippen MR) is 97.6 cm³/mol. The summed E-state index contributed by atoms with van der Waals surface area (Å²) >= 11 is 6.24. The number of hydrogen-bond donors (Lipinski definition) is 1. The molecule has 0 fully saturated rings. The van der Waals surface area contributed by atoms with Gasteiger partial charge in [-0.05, 0) is 12.1 Å². The van der Waals surface area contributed by atoms with Crippen LogP contribution in [0.1, 0.15) is 5.82 Å². The van der Waals surface area contributed by atoms with Crippen LogP contribution in [0.5, 0.6) is 11.6 Å². The van der Waals surface area contributed by atoms with Crippen LogP contribution in [0.2, 0.25) is 5.02 Å². The Morgan fingerprint density at radius 2 is 2.04 bits per heavy atom. The van der Waals surface area contributed by atoms with Crippen LogP contribution in [0.25, 0.3) is 11.0 Å². The first-order valence-electron chi connectivity index (χ1n) is 7.23. The molecule has 126 valence electrons. The molecule has 0 bridgehead atoms. The van der Waals surface area contributed by atoms with Crippen LogP contribution in [0.4, 0.5) is 0 Å². The fraction of sp³-hybridized carbons (Fsp3) is 0.0625. The molecule has 0 aliphatic heterocycles. The molecule has 6 nitrogen and oxygen atoms in total. The molecule has 25 heavy (non-hydrogen) atoms. The highest BCUT2D eigenvalue weighted by atomic mass is 35.5. The average molecular weight is 391 g/mol. The second-order valence-electron chi connectivity index (χ2n) is 5.06. The van der Waals surface area contributed by atoms with E-state index in [-0.39, 0.29) is 16.7 Å². The lowest BCUT2D eigenvalue weighted by molar-refractivity contribution is 0.459. The molecule has 1 aromatic carbocycles. The van der Waals surface area contributed by atoms with Crippen LogP contribution in [-0.2, 0) is 16.9 Å². The van der Waals surface area contributed by atoms with Crippen molar-refractivity contribution in [2.24, 2.45) is 0 Å². The minimum absolute atomic E-state index is 0.113. The van der Waals surface area contributed by atoms with Crippen molar-refractivity contribution in [2.75, 3.05) is 0 Å². The monoisotopic (exact) mass is 390 g/mol. The van der Waals surface area contributed by atoms with Gasteiger partial charge in [-0.15, -0.1) is 11.3 Å². The number of H-pyrrole nitrogens is 1. The number of fused-ring (bicyclic) bond motifs is 1. The topological polar surface area (TPSA) is 86.8 Å². The smallest absolute Gasteiger partial charge is 0.322 e. The Bertz CT molecular complexity index is 977. The van der Waals surface area contributed by atoms with Crippen molar-refractivity contribution >= 4 is 45.1 Å². The van der Waals surface area contributed by atoms with Gasteiger partial charge in [0.25, 0.3) is 0 Å². The molecular weight excluding hydrogens is 380 g/mol. The second-order valence-corrected chi connectivity index (χ2v) is 7.57. The van der Waals surface area contributed by atoms with E-state index in [0.29, 0.717) is 16.7 Å². The van der Waals surface area contributed by atoms with Gasteiger partial charge in [-0.3, -0.25) is 4.98 Å². The maximum atomic E-state index is 12.5. The summed E-state index contributed by atoms with van der Waals surface area (Å²) in [5.41, 5.74) is 1.68. The number of hydrogen-bond acceptors (Lipinski definition) is 6. The second kappa shape index (κ2) is 7.01. The number of ether oxygens (including phenoxy) is 1. The minimum atomic E-state index is -1.39. The Morgan fingerprint density at radius 1 is 1.20 bits per heavy atom. The molecule has 0 saturated heterocycles. The van der Waals surface area contributed by atoms with E-state index in [1.807, 2.05) is 29.0 Å². The molecule has 4 rings (SSSR count). The van der Waals surface area contributed by atoms with Crippen molar-refractivity contribution in [2.45, 2.75) is 10.9 Å². The highest BCUT2D eigenvalue weighted by Crippen LogP contribution is 2.27. The summed E-state index contributed by atoms with van der Waals surface area (Å²) in [5, 5.41) is 4.52. The lowest BCUT2D eigenvalue weighted by Gasteiger charge is -2.09. The molecule has 4 aromatic rings. The minimum Gasteiger partial charge on any atom is -0.609 e. The van der Waals surface area contributed by atoms with Gasteiger partial charge < -0.3 is 9.29 Å². The molecule has 0 aliphatic rings. The number of nitrogens with one attached hydrogen (secondary N) is 1. The summed E-state index contributed by atoms with van der Waals surface area (Å²) in [6.07, 6.45) is 1.44. The van der Waals surface area contributed by atoms with Gasteiger partial charge in [0, 0.05) is 21.9 Å². The summed E-state index contributed by atoms with van der Waals surface area (Å²) in [5.74, 6) is 1.32. The zero-order valence-corrected chi connectivity index (χ0v) is 15.1. The molecule has 0 aliphatic carbocycles. The van der Waals surface area contributed by atoms with Gasteiger partial charge in [-0.1, -0.05) is 29.8 Å². The number of benzene rings is 1. The number of halogens is 1. The van der Waals surface area contributed by atoms with Gasteiger partial charge >= 0.3 is 5.16 Å². The van der Waals surface area contributed by atoms with E-state index in [9.17, 15) is 4.55 Å². The van der Waals surface area contributed by atoms with Crippen LogP contribution in [0.15, 0.2) is 52.4 Å². The van der Waals surface area contributed by atoms with E-state index in [0.717, 1.165) is 11.0 Å². The number of thiophene rings is 1. The van der Waals surface area contributed by atoms with Crippen molar-refractivity contribution in [3.63, 3.8) is 0 Å². The van der Waals surface area contributed by atoms with Crippen LogP contribution >= 0.6 is 22.9 Å². The Morgan fingerprint density at radius 3 is 2.84 bits per heavy atom. The van der Waals surface area contributed by atoms with Gasteiger partial charge in [-0.25, -0.2) is 4.98 Å². The molecule has 1 unspecified atom stereocenters. The quantitative estimate of drug-likeness (QED) is 0.517. The van der Waals surface area contributed by atoms with E-state index in [2.05, 4.69) is 19.9 Å². The first-order chi connectivity index (χ1) is 12.2.